The van der Waals surface area contributed by atoms with E-state index in [0.717, 1.165) is 45.3 Å². The van der Waals surface area contributed by atoms with Gasteiger partial charge in [0.25, 0.3) is 0 Å². The molecule has 0 radical (unpaired) electrons. The molecule has 0 aromatic rings. The normalized spacial score (nSPS) is 27.1. The van der Waals surface area contributed by atoms with E-state index >= 15 is 0 Å². The maximum atomic E-state index is 5.39. The molecule has 3 heteroatoms. The van der Waals surface area contributed by atoms with E-state index in [1.165, 1.54) is 25.7 Å². The van der Waals surface area contributed by atoms with Crippen molar-refractivity contribution in [2.45, 2.75) is 31.7 Å². The van der Waals surface area contributed by atoms with Gasteiger partial charge in [-0.2, -0.15) is 0 Å². The summed E-state index contributed by atoms with van der Waals surface area (Å²) in [5, 5.41) is 3.68. The van der Waals surface area contributed by atoms with Gasteiger partial charge in [0.15, 0.2) is 0 Å². The van der Waals surface area contributed by atoms with E-state index in [1.54, 1.807) is 0 Å². The van der Waals surface area contributed by atoms with Gasteiger partial charge >= 0.3 is 0 Å². The average Bonchev–Trinajstić information content (AvgIpc) is 2.85. The Hall–Kier alpha value is -0.560. The first-order valence-electron chi connectivity index (χ1n) is 6.85. The summed E-state index contributed by atoms with van der Waals surface area (Å²) >= 11 is 0. The van der Waals surface area contributed by atoms with E-state index < -0.39 is 0 Å². The van der Waals surface area contributed by atoms with E-state index in [1.807, 2.05) is 0 Å². The van der Waals surface area contributed by atoms with Gasteiger partial charge in [0.2, 0.25) is 0 Å². The van der Waals surface area contributed by atoms with Crippen molar-refractivity contribution >= 4 is 0 Å². The van der Waals surface area contributed by atoms with E-state index in [9.17, 15) is 0 Å². The number of hydrogen-bond donors (Lipinski definition) is 1. The molecule has 2 aliphatic rings. The molecule has 1 N–H and O–H groups in total. The third kappa shape index (κ3) is 4.31. The van der Waals surface area contributed by atoms with Crippen LogP contribution in [0.1, 0.15) is 25.7 Å². The second-order valence-electron chi connectivity index (χ2n) is 5.23. The first kappa shape index (κ1) is 12.9. The van der Waals surface area contributed by atoms with Crippen molar-refractivity contribution in [1.82, 2.24) is 10.2 Å². The fourth-order valence-corrected chi connectivity index (χ4v) is 2.73. The van der Waals surface area contributed by atoms with Crippen molar-refractivity contribution in [2.75, 3.05) is 39.4 Å². The minimum Gasteiger partial charge on any atom is -0.381 e. The zero-order valence-corrected chi connectivity index (χ0v) is 10.7. The van der Waals surface area contributed by atoms with Gasteiger partial charge in [-0.3, -0.25) is 4.90 Å². The molecule has 2 rings (SSSR count). The van der Waals surface area contributed by atoms with Gasteiger partial charge in [-0.1, -0.05) is 5.92 Å². The van der Waals surface area contributed by atoms with Crippen molar-refractivity contribution in [2.24, 2.45) is 5.92 Å². The molecule has 1 unspecified atom stereocenters. The number of nitrogens with one attached hydrogen (secondary N) is 1. The molecule has 0 saturated carbocycles. The third-order valence-corrected chi connectivity index (χ3v) is 3.91. The molecule has 0 aromatic heterocycles. The van der Waals surface area contributed by atoms with Gasteiger partial charge in [-0.05, 0) is 38.1 Å². The molecule has 0 spiro atoms. The Morgan fingerprint density at radius 1 is 1.29 bits per heavy atom. The standard InChI is InChI=1S/C14H24N2O/c1-2-8-16-9-4-14(5-10-16)15-7-3-13-6-11-17-12-13/h1,13-15H,3-12H2. The maximum Gasteiger partial charge on any atom is 0.0598 e. The Balaban J connectivity index is 1.54. The number of ether oxygens (including phenoxy) is 1. The molecule has 1 atom stereocenters. The lowest BCUT2D eigenvalue weighted by molar-refractivity contribution is 0.182. The largest absolute Gasteiger partial charge is 0.381 e. The van der Waals surface area contributed by atoms with Gasteiger partial charge in [0.05, 0.1) is 6.54 Å². The van der Waals surface area contributed by atoms with Gasteiger partial charge in [0.1, 0.15) is 0 Å². The van der Waals surface area contributed by atoms with Crippen molar-refractivity contribution in [3.05, 3.63) is 0 Å². The van der Waals surface area contributed by atoms with Gasteiger partial charge < -0.3 is 10.1 Å². The topological polar surface area (TPSA) is 24.5 Å². The Labute approximate surface area is 105 Å². The average molecular weight is 236 g/mol. The molecular weight excluding hydrogens is 212 g/mol. The summed E-state index contributed by atoms with van der Waals surface area (Å²) in [6, 6.07) is 0.700. The summed E-state index contributed by atoms with van der Waals surface area (Å²) in [5.74, 6) is 3.52. The molecule has 17 heavy (non-hydrogen) atoms. The van der Waals surface area contributed by atoms with Crippen LogP contribution in [0.5, 0.6) is 0 Å². The monoisotopic (exact) mass is 236 g/mol. The summed E-state index contributed by atoms with van der Waals surface area (Å²) in [7, 11) is 0. The summed E-state index contributed by atoms with van der Waals surface area (Å²) in [6.07, 6.45) is 10.3. The number of nitrogens with zero attached hydrogens (tertiary/aromatic N) is 1. The molecule has 0 amide bonds. The molecule has 3 nitrogen and oxygen atoms in total. The van der Waals surface area contributed by atoms with Gasteiger partial charge in [-0.15, -0.1) is 6.42 Å². The van der Waals surface area contributed by atoms with Crippen LogP contribution in [0.3, 0.4) is 0 Å². The summed E-state index contributed by atoms with van der Waals surface area (Å²) in [4.78, 5) is 2.36. The molecule has 2 heterocycles. The number of terminal acetylenes is 1. The van der Waals surface area contributed by atoms with Crippen molar-refractivity contribution in [1.29, 1.82) is 0 Å². The van der Waals surface area contributed by atoms with E-state index in [4.69, 9.17) is 11.2 Å². The molecular formula is C14H24N2O. The summed E-state index contributed by atoms with van der Waals surface area (Å²) < 4.78 is 5.39. The Morgan fingerprint density at radius 3 is 2.76 bits per heavy atom. The van der Waals surface area contributed by atoms with Gasteiger partial charge in [-0.25, -0.2) is 0 Å². The van der Waals surface area contributed by atoms with Crippen LogP contribution >= 0.6 is 0 Å². The van der Waals surface area contributed by atoms with E-state index in [2.05, 4.69) is 16.1 Å². The highest BCUT2D eigenvalue weighted by atomic mass is 16.5. The second kappa shape index (κ2) is 7.00. The summed E-state index contributed by atoms with van der Waals surface area (Å²) in [6.45, 7) is 6.19. The fraction of sp³-hybridized carbons (Fsp3) is 0.857. The van der Waals surface area contributed by atoms with Crippen molar-refractivity contribution in [3.8, 4) is 12.3 Å². The smallest absolute Gasteiger partial charge is 0.0598 e. The van der Waals surface area contributed by atoms with Crippen LogP contribution < -0.4 is 5.32 Å². The number of piperidine rings is 1. The molecule has 0 aromatic carbocycles. The first-order chi connectivity index (χ1) is 8.38. The molecule has 96 valence electrons. The predicted molar refractivity (Wildman–Crippen MR) is 69.8 cm³/mol. The Morgan fingerprint density at radius 2 is 2.12 bits per heavy atom. The molecule has 2 aliphatic heterocycles. The van der Waals surface area contributed by atoms with Crippen LogP contribution in [-0.4, -0.2) is 50.3 Å². The van der Waals surface area contributed by atoms with Crippen LogP contribution in [0, 0.1) is 18.3 Å². The quantitative estimate of drug-likeness (QED) is 0.724. The zero-order chi connectivity index (χ0) is 11.9. The highest BCUT2D eigenvalue weighted by Gasteiger charge is 2.19. The SMILES string of the molecule is C#CCN1CCC(NCCC2CCOC2)CC1. The maximum absolute atomic E-state index is 5.39. The molecule has 0 bridgehead atoms. The Kier molecular flexibility index (Phi) is 5.31. The number of likely N-dealkylation sites (tertiary alicyclic amines) is 1. The minimum absolute atomic E-state index is 0.700. The van der Waals surface area contributed by atoms with Crippen LogP contribution in [0.15, 0.2) is 0 Å². The lowest BCUT2D eigenvalue weighted by Crippen LogP contribution is -2.43. The third-order valence-electron chi connectivity index (χ3n) is 3.91. The Bertz CT molecular complexity index is 247. The molecule has 2 saturated heterocycles. The first-order valence-corrected chi connectivity index (χ1v) is 6.85. The second-order valence-corrected chi connectivity index (χ2v) is 5.23. The number of rotatable bonds is 5. The fourth-order valence-electron chi connectivity index (χ4n) is 2.73. The lowest BCUT2D eigenvalue weighted by atomic mass is 10.0. The molecule has 2 fully saturated rings. The number of hydrogen-bond acceptors (Lipinski definition) is 3. The lowest BCUT2D eigenvalue weighted by Gasteiger charge is -2.31. The predicted octanol–water partition coefficient (Wildman–Crippen LogP) is 1.10. The van der Waals surface area contributed by atoms with Crippen molar-refractivity contribution < 1.29 is 4.74 Å². The van der Waals surface area contributed by atoms with E-state index in [-0.39, 0.29) is 0 Å². The molecule has 0 aliphatic carbocycles. The summed E-state index contributed by atoms with van der Waals surface area (Å²) in [5.41, 5.74) is 0. The minimum atomic E-state index is 0.700. The zero-order valence-electron chi connectivity index (χ0n) is 10.7. The van der Waals surface area contributed by atoms with Crippen LogP contribution in [0.4, 0.5) is 0 Å². The van der Waals surface area contributed by atoms with E-state index in [0.29, 0.717) is 6.04 Å². The van der Waals surface area contributed by atoms with Crippen molar-refractivity contribution in [3.63, 3.8) is 0 Å². The van der Waals surface area contributed by atoms with Crippen LogP contribution in [0.25, 0.3) is 0 Å². The van der Waals surface area contributed by atoms with Crippen LogP contribution in [0.2, 0.25) is 0 Å². The van der Waals surface area contributed by atoms with Gasteiger partial charge in [0, 0.05) is 32.3 Å². The highest BCUT2D eigenvalue weighted by molar-refractivity contribution is 4.90. The highest BCUT2D eigenvalue weighted by Crippen LogP contribution is 2.16. The van der Waals surface area contributed by atoms with Crippen LogP contribution in [-0.2, 0) is 4.74 Å².